The van der Waals surface area contributed by atoms with E-state index in [2.05, 4.69) is 4.98 Å². The van der Waals surface area contributed by atoms with Crippen LogP contribution in [-0.2, 0) is 11.2 Å². The van der Waals surface area contributed by atoms with Gasteiger partial charge in [-0.15, -0.1) is 0 Å². The highest BCUT2D eigenvalue weighted by Gasteiger charge is 2.10. The Morgan fingerprint density at radius 1 is 1.44 bits per heavy atom. The smallest absolute Gasteiger partial charge is 0.303 e. The number of methoxy groups -OCH3 is 1. The fourth-order valence-corrected chi connectivity index (χ4v) is 1.79. The number of hydrogen-bond donors (Lipinski definition) is 1. The van der Waals surface area contributed by atoms with Crippen molar-refractivity contribution in [3.05, 3.63) is 42.5 Å². The molecule has 0 radical (unpaired) electrons. The van der Waals surface area contributed by atoms with E-state index in [1.165, 1.54) is 0 Å². The molecule has 0 saturated heterocycles. The molecule has 0 aliphatic carbocycles. The van der Waals surface area contributed by atoms with Crippen LogP contribution in [0, 0.1) is 0 Å². The van der Waals surface area contributed by atoms with Crippen molar-refractivity contribution in [1.82, 2.24) is 9.55 Å². The van der Waals surface area contributed by atoms with Gasteiger partial charge < -0.3 is 14.4 Å². The minimum absolute atomic E-state index is 0.0617. The van der Waals surface area contributed by atoms with Crippen LogP contribution in [0.25, 0.3) is 5.69 Å². The minimum Gasteiger partial charge on any atom is -0.495 e. The van der Waals surface area contributed by atoms with Crippen LogP contribution in [-0.4, -0.2) is 27.7 Å². The fraction of sp³-hybridized carbons (Fsp3) is 0.231. The number of aryl methyl sites for hydroxylation is 1. The molecule has 0 amide bonds. The van der Waals surface area contributed by atoms with Crippen molar-refractivity contribution in [3.8, 4) is 11.4 Å². The Kier molecular flexibility index (Phi) is 3.62. The van der Waals surface area contributed by atoms with Gasteiger partial charge in [0, 0.05) is 18.8 Å². The minimum atomic E-state index is -0.829. The summed E-state index contributed by atoms with van der Waals surface area (Å²) in [5, 5.41) is 8.71. The SMILES string of the molecule is COc1ccccc1-n1ccnc1CCC(=O)O. The van der Waals surface area contributed by atoms with Crippen molar-refractivity contribution in [1.29, 1.82) is 0 Å². The van der Waals surface area contributed by atoms with Gasteiger partial charge in [-0.25, -0.2) is 4.98 Å². The van der Waals surface area contributed by atoms with Crippen molar-refractivity contribution < 1.29 is 14.6 Å². The summed E-state index contributed by atoms with van der Waals surface area (Å²) in [6, 6.07) is 7.55. The molecule has 0 aliphatic rings. The van der Waals surface area contributed by atoms with E-state index in [9.17, 15) is 4.79 Å². The zero-order valence-electron chi connectivity index (χ0n) is 10.0. The van der Waals surface area contributed by atoms with Crippen LogP contribution in [0.5, 0.6) is 5.75 Å². The summed E-state index contributed by atoms with van der Waals surface area (Å²) in [4.78, 5) is 14.8. The second kappa shape index (κ2) is 5.35. The molecule has 1 N–H and O–H groups in total. The van der Waals surface area contributed by atoms with Crippen LogP contribution in [0.4, 0.5) is 0 Å². The van der Waals surface area contributed by atoms with Crippen LogP contribution in [0.1, 0.15) is 12.2 Å². The van der Waals surface area contributed by atoms with Gasteiger partial charge in [-0.2, -0.15) is 0 Å². The molecule has 1 heterocycles. The predicted molar refractivity (Wildman–Crippen MR) is 66.1 cm³/mol. The first-order valence-corrected chi connectivity index (χ1v) is 5.60. The lowest BCUT2D eigenvalue weighted by atomic mass is 10.2. The predicted octanol–water partition coefficient (Wildman–Crippen LogP) is 1.90. The number of carbonyl (C=O) groups is 1. The first-order valence-electron chi connectivity index (χ1n) is 5.60. The third kappa shape index (κ3) is 2.51. The largest absolute Gasteiger partial charge is 0.495 e. The summed E-state index contributed by atoms with van der Waals surface area (Å²) in [5.74, 6) is 0.610. The Morgan fingerprint density at radius 2 is 2.22 bits per heavy atom. The van der Waals surface area contributed by atoms with E-state index in [1.54, 1.807) is 19.5 Å². The van der Waals surface area contributed by atoms with Crippen molar-refractivity contribution in [2.45, 2.75) is 12.8 Å². The third-order valence-corrected chi connectivity index (χ3v) is 2.62. The second-order valence-electron chi connectivity index (χ2n) is 3.78. The molecule has 5 nitrogen and oxygen atoms in total. The Balaban J connectivity index is 2.33. The number of para-hydroxylation sites is 2. The first-order chi connectivity index (χ1) is 8.72. The molecular weight excluding hydrogens is 232 g/mol. The standard InChI is InChI=1S/C13H14N2O3/c1-18-11-5-3-2-4-10(11)15-9-8-14-12(15)6-7-13(16)17/h2-5,8-9H,6-7H2,1H3,(H,16,17). The summed E-state index contributed by atoms with van der Waals surface area (Å²) < 4.78 is 7.13. The van der Waals surface area contributed by atoms with Gasteiger partial charge in [0.2, 0.25) is 0 Å². The quantitative estimate of drug-likeness (QED) is 0.875. The fourth-order valence-electron chi connectivity index (χ4n) is 1.79. The molecule has 0 saturated carbocycles. The van der Waals surface area contributed by atoms with Gasteiger partial charge in [0.15, 0.2) is 0 Å². The maximum Gasteiger partial charge on any atom is 0.303 e. The highest BCUT2D eigenvalue weighted by molar-refractivity contribution is 5.67. The number of hydrogen-bond acceptors (Lipinski definition) is 3. The number of nitrogens with zero attached hydrogens (tertiary/aromatic N) is 2. The molecule has 94 valence electrons. The molecule has 0 spiro atoms. The number of carboxylic acid groups (broad SMARTS) is 1. The van der Waals surface area contributed by atoms with Gasteiger partial charge in [0.25, 0.3) is 0 Å². The van der Waals surface area contributed by atoms with Crippen LogP contribution in [0.2, 0.25) is 0 Å². The van der Waals surface area contributed by atoms with Crippen molar-refractivity contribution >= 4 is 5.97 Å². The van der Waals surface area contributed by atoms with E-state index in [0.29, 0.717) is 12.2 Å². The Morgan fingerprint density at radius 3 is 2.94 bits per heavy atom. The van der Waals surface area contributed by atoms with Crippen LogP contribution in [0.15, 0.2) is 36.7 Å². The van der Waals surface area contributed by atoms with Crippen LogP contribution >= 0.6 is 0 Å². The number of benzene rings is 1. The first kappa shape index (κ1) is 12.2. The second-order valence-corrected chi connectivity index (χ2v) is 3.78. The van der Waals surface area contributed by atoms with Gasteiger partial charge in [-0.3, -0.25) is 4.79 Å². The van der Waals surface area contributed by atoms with E-state index in [0.717, 1.165) is 11.4 Å². The number of aromatic nitrogens is 2. The van der Waals surface area contributed by atoms with E-state index >= 15 is 0 Å². The molecule has 0 bridgehead atoms. The lowest BCUT2D eigenvalue weighted by molar-refractivity contribution is -0.137. The van der Waals surface area contributed by atoms with Crippen molar-refractivity contribution in [2.24, 2.45) is 0 Å². The molecule has 0 fully saturated rings. The maximum absolute atomic E-state index is 10.6. The number of rotatable bonds is 5. The topological polar surface area (TPSA) is 64.4 Å². The van der Waals surface area contributed by atoms with Crippen molar-refractivity contribution in [2.75, 3.05) is 7.11 Å². The normalized spacial score (nSPS) is 10.3. The molecule has 0 aliphatic heterocycles. The van der Waals surface area contributed by atoms with Gasteiger partial charge >= 0.3 is 5.97 Å². The summed E-state index contributed by atoms with van der Waals surface area (Å²) in [6.45, 7) is 0. The maximum atomic E-state index is 10.6. The molecule has 2 rings (SSSR count). The molecule has 5 heteroatoms. The molecule has 0 atom stereocenters. The average molecular weight is 246 g/mol. The molecular formula is C13H14N2O3. The lowest BCUT2D eigenvalue weighted by Gasteiger charge is -2.11. The lowest BCUT2D eigenvalue weighted by Crippen LogP contribution is -2.05. The van der Waals surface area contributed by atoms with Crippen molar-refractivity contribution in [3.63, 3.8) is 0 Å². The Bertz CT molecular complexity index is 549. The van der Waals surface area contributed by atoms with E-state index in [-0.39, 0.29) is 6.42 Å². The summed E-state index contributed by atoms with van der Waals surface area (Å²) >= 11 is 0. The average Bonchev–Trinajstić information content (AvgIpc) is 2.84. The van der Waals surface area contributed by atoms with E-state index in [1.807, 2.05) is 28.8 Å². The molecule has 0 unspecified atom stereocenters. The Hall–Kier alpha value is -2.30. The van der Waals surface area contributed by atoms with E-state index in [4.69, 9.17) is 9.84 Å². The van der Waals surface area contributed by atoms with E-state index < -0.39 is 5.97 Å². The monoisotopic (exact) mass is 246 g/mol. The van der Waals surface area contributed by atoms with Gasteiger partial charge in [0.05, 0.1) is 19.2 Å². The summed E-state index contributed by atoms with van der Waals surface area (Å²) in [7, 11) is 1.60. The summed E-state index contributed by atoms with van der Waals surface area (Å²) in [6.07, 6.45) is 3.91. The zero-order valence-corrected chi connectivity index (χ0v) is 10.0. The van der Waals surface area contributed by atoms with Gasteiger partial charge in [0.1, 0.15) is 11.6 Å². The Labute approximate surface area is 105 Å². The molecule has 1 aromatic carbocycles. The van der Waals surface area contributed by atoms with Gasteiger partial charge in [-0.1, -0.05) is 12.1 Å². The third-order valence-electron chi connectivity index (χ3n) is 2.62. The number of imidazole rings is 1. The summed E-state index contributed by atoms with van der Waals surface area (Å²) in [5.41, 5.74) is 0.859. The molecule has 18 heavy (non-hydrogen) atoms. The number of carboxylic acids is 1. The van der Waals surface area contributed by atoms with Gasteiger partial charge in [-0.05, 0) is 12.1 Å². The highest BCUT2D eigenvalue weighted by Crippen LogP contribution is 2.23. The number of aliphatic carboxylic acids is 1. The molecule has 1 aromatic heterocycles. The zero-order chi connectivity index (χ0) is 13.0. The molecule has 2 aromatic rings. The van der Waals surface area contributed by atoms with Crippen LogP contribution < -0.4 is 4.74 Å². The highest BCUT2D eigenvalue weighted by atomic mass is 16.5. The van der Waals surface area contributed by atoms with Crippen LogP contribution in [0.3, 0.4) is 0 Å². The number of ether oxygens (including phenoxy) is 1.